The molecule has 1 aromatic carbocycles. The first kappa shape index (κ1) is 16.4. The molecular formula is C17H21N5O2. The van der Waals surface area contributed by atoms with Gasteiger partial charge in [0.15, 0.2) is 0 Å². The minimum atomic E-state index is -0.625. The third kappa shape index (κ3) is 3.52. The van der Waals surface area contributed by atoms with Crippen molar-refractivity contribution in [3.63, 3.8) is 0 Å². The van der Waals surface area contributed by atoms with E-state index in [2.05, 4.69) is 22.3 Å². The summed E-state index contributed by atoms with van der Waals surface area (Å²) in [6.45, 7) is 1.51. The summed E-state index contributed by atoms with van der Waals surface area (Å²) in [6.07, 6.45) is 2.58. The molecule has 0 spiro atoms. The maximum atomic E-state index is 12.2. The van der Waals surface area contributed by atoms with E-state index in [0.717, 1.165) is 6.54 Å². The lowest BCUT2D eigenvalue weighted by atomic mass is 10.2. The van der Waals surface area contributed by atoms with Gasteiger partial charge in [0.05, 0.1) is 25.0 Å². The molecule has 7 nitrogen and oxygen atoms in total. The second kappa shape index (κ2) is 6.94. The summed E-state index contributed by atoms with van der Waals surface area (Å²) in [5.74, 6) is 0. The predicted octanol–water partition coefficient (Wildman–Crippen LogP) is 0.623. The smallest absolute Gasteiger partial charge is 0.292 e. The number of aromatic nitrogens is 4. The Labute approximate surface area is 139 Å². The molecule has 7 heteroatoms. The molecule has 0 bridgehead atoms. The first-order valence-electron chi connectivity index (χ1n) is 7.83. The van der Waals surface area contributed by atoms with E-state index in [1.54, 1.807) is 24.1 Å². The minimum Gasteiger partial charge on any atom is -0.390 e. The molecule has 2 aromatic heterocycles. The van der Waals surface area contributed by atoms with Crippen LogP contribution >= 0.6 is 0 Å². The largest absolute Gasteiger partial charge is 0.390 e. The zero-order valence-electron chi connectivity index (χ0n) is 13.8. The van der Waals surface area contributed by atoms with Crippen LogP contribution in [0.2, 0.25) is 0 Å². The summed E-state index contributed by atoms with van der Waals surface area (Å²) in [6, 6.07) is 10.1. The first-order chi connectivity index (χ1) is 11.5. The zero-order chi connectivity index (χ0) is 17.1. The molecule has 1 N–H and O–H groups in total. The fourth-order valence-electron chi connectivity index (χ4n) is 2.80. The van der Waals surface area contributed by atoms with E-state index in [1.807, 2.05) is 30.1 Å². The van der Waals surface area contributed by atoms with Gasteiger partial charge in [-0.05, 0) is 12.6 Å². The van der Waals surface area contributed by atoms with Crippen LogP contribution in [-0.4, -0.2) is 49.3 Å². The number of likely N-dealkylation sites (N-methyl/N-ethyl adjacent to an activating group) is 1. The van der Waals surface area contributed by atoms with Crippen molar-refractivity contribution in [1.82, 2.24) is 24.5 Å². The van der Waals surface area contributed by atoms with Gasteiger partial charge in [-0.25, -0.2) is 4.68 Å². The van der Waals surface area contributed by atoms with E-state index in [0.29, 0.717) is 17.4 Å². The van der Waals surface area contributed by atoms with Crippen LogP contribution in [0.1, 0.15) is 5.56 Å². The van der Waals surface area contributed by atoms with Crippen molar-refractivity contribution < 1.29 is 5.11 Å². The molecule has 0 radical (unpaired) electrons. The molecule has 0 aliphatic rings. The third-order valence-corrected chi connectivity index (χ3v) is 3.94. The Balaban J connectivity index is 1.68. The Kier molecular flexibility index (Phi) is 4.73. The van der Waals surface area contributed by atoms with E-state index in [9.17, 15) is 9.90 Å². The molecule has 0 saturated heterocycles. The number of rotatable bonds is 6. The molecule has 0 fully saturated rings. The topological polar surface area (TPSA) is 76.2 Å². The Bertz CT molecular complexity index is 872. The average Bonchev–Trinajstić information content (AvgIpc) is 2.95. The standard InChI is InChI=1S/C17H21N5O2/c1-20(10-13-6-4-3-5-7-13)11-15(23)12-22-16-14(9-19-22)8-18-21(2)17(16)24/h3-9,15,23H,10-12H2,1-2H3/t15-/m0/s1. The fraction of sp³-hybridized carbons (Fsp3) is 0.353. The van der Waals surface area contributed by atoms with Gasteiger partial charge in [0.1, 0.15) is 5.52 Å². The van der Waals surface area contributed by atoms with E-state index < -0.39 is 6.10 Å². The van der Waals surface area contributed by atoms with Crippen molar-refractivity contribution in [2.75, 3.05) is 13.6 Å². The first-order valence-corrected chi connectivity index (χ1v) is 7.83. The quantitative estimate of drug-likeness (QED) is 0.718. The van der Waals surface area contributed by atoms with Gasteiger partial charge < -0.3 is 5.11 Å². The minimum absolute atomic E-state index is 0.213. The maximum Gasteiger partial charge on any atom is 0.292 e. The summed E-state index contributed by atoms with van der Waals surface area (Å²) in [7, 11) is 3.56. The fourth-order valence-corrected chi connectivity index (χ4v) is 2.80. The number of fused-ring (bicyclic) bond motifs is 1. The number of aliphatic hydroxyl groups is 1. The van der Waals surface area contributed by atoms with Crippen molar-refractivity contribution in [2.24, 2.45) is 7.05 Å². The van der Waals surface area contributed by atoms with Crippen molar-refractivity contribution >= 4 is 10.9 Å². The number of nitrogens with zero attached hydrogens (tertiary/aromatic N) is 5. The molecule has 3 rings (SSSR count). The highest BCUT2D eigenvalue weighted by molar-refractivity contribution is 5.76. The van der Waals surface area contributed by atoms with Crippen LogP contribution in [-0.2, 0) is 20.1 Å². The van der Waals surface area contributed by atoms with Gasteiger partial charge in [-0.3, -0.25) is 14.4 Å². The summed E-state index contributed by atoms with van der Waals surface area (Å²) in [4.78, 5) is 14.2. The van der Waals surface area contributed by atoms with E-state index >= 15 is 0 Å². The van der Waals surface area contributed by atoms with Crippen LogP contribution in [0.4, 0.5) is 0 Å². The van der Waals surface area contributed by atoms with Crippen molar-refractivity contribution in [3.05, 3.63) is 58.6 Å². The monoisotopic (exact) mass is 327 g/mol. The highest BCUT2D eigenvalue weighted by Crippen LogP contribution is 2.09. The van der Waals surface area contributed by atoms with Crippen molar-refractivity contribution in [1.29, 1.82) is 0 Å². The zero-order valence-corrected chi connectivity index (χ0v) is 13.8. The molecule has 3 aromatic rings. The van der Waals surface area contributed by atoms with Crippen LogP contribution in [0.5, 0.6) is 0 Å². The van der Waals surface area contributed by atoms with Crippen molar-refractivity contribution in [2.45, 2.75) is 19.2 Å². The SMILES string of the molecule is CN(Cc1ccccc1)C[C@H](O)Cn1ncc2cnn(C)c(=O)c21. The van der Waals surface area contributed by atoms with Gasteiger partial charge in [-0.1, -0.05) is 30.3 Å². The molecule has 0 aliphatic heterocycles. The normalized spacial score (nSPS) is 12.8. The number of aryl methyl sites for hydroxylation is 1. The lowest BCUT2D eigenvalue weighted by Crippen LogP contribution is -2.33. The van der Waals surface area contributed by atoms with Crippen molar-refractivity contribution in [3.8, 4) is 0 Å². The van der Waals surface area contributed by atoms with Gasteiger partial charge in [-0.2, -0.15) is 10.2 Å². The maximum absolute atomic E-state index is 12.2. The molecular weight excluding hydrogens is 306 g/mol. The van der Waals surface area contributed by atoms with Crippen LogP contribution in [0, 0.1) is 0 Å². The number of benzene rings is 1. The van der Waals surface area contributed by atoms with Gasteiger partial charge in [0.25, 0.3) is 5.56 Å². The van der Waals surface area contributed by atoms with Crippen LogP contribution in [0.3, 0.4) is 0 Å². The Morgan fingerprint density at radius 2 is 1.92 bits per heavy atom. The van der Waals surface area contributed by atoms with Gasteiger partial charge in [0, 0.05) is 25.5 Å². The van der Waals surface area contributed by atoms with E-state index in [-0.39, 0.29) is 12.1 Å². The lowest BCUT2D eigenvalue weighted by Gasteiger charge is -2.20. The van der Waals surface area contributed by atoms with E-state index in [1.165, 1.54) is 10.2 Å². The van der Waals surface area contributed by atoms with Gasteiger partial charge in [-0.15, -0.1) is 0 Å². The van der Waals surface area contributed by atoms with Gasteiger partial charge >= 0.3 is 0 Å². The Hall–Kier alpha value is -2.51. The Morgan fingerprint density at radius 3 is 2.67 bits per heavy atom. The van der Waals surface area contributed by atoms with Crippen LogP contribution < -0.4 is 5.56 Å². The summed E-state index contributed by atoms with van der Waals surface area (Å²) < 4.78 is 2.83. The van der Waals surface area contributed by atoms with Gasteiger partial charge in [0.2, 0.25) is 0 Å². The van der Waals surface area contributed by atoms with E-state index in [4.69, 9.17) is 0 Å². The second-order valence-electron chi connectivity index (χ2n) is 6.04. The molecule has 1 atom stereocenters. The highest BCUT2D eigenvalue weighted by atomic mass is 16.3. The summed E-state index contributed by atoms with van der Waals surface area (Å²) >= 11 is 0. The predicted molar refractivity (Wildman–Crippen MR) is 91.6 cm³/mol. The molecule has 0 saturated carbocycles. The number of hydrogen-bond acceptors (Lipinski definition) is 5. The average molecular weight is 327 g/mol. The molecule has 2 heterocycles. The Morgan fingerprint density at radius 1 is 1.21 bits per heavy atom. The lowest BCUT2D eigenvalue weighted by molar-refractivity contribution is 0.105. The summed E-state index contributed by atoms with van der Waals surface area (Å²) in [5, 5.41) is 19.2. The highest BCUT2D eigenvalue weighted by Gasteiger charge is 2.14. The number of hydrogen-bond donors (Lipinski definition) is 1. The molecule has 24 heavy (non-hydrogen) atoms. The summed E-state index contributed by atoms with van der Waals surface area (Å²) in [5.41, 5.74) is 1.45. The number of aliphatic hydroxyl groups excluding tert-OH is 1. The van der Waals surface area contributed by atoms with Crippen LogP contribution in [0.25, 0.3) is 10.9 Å². The second-order valence-corrected chi connectivity index (χ2v) is 6.04. The molecule has 0 amide bonds. The molecule has 126 valence electrons. The molecule has 0 unspecified atom stereocenters. The van der Waals surface area contributed by atoms with Crippen LogP contribution in [0.15, 0.2) is 47.5 Å². The third-order valence-electron chi connectivity index (χ3n) is 3.94. The molecule has 0 aliphatic carbocycles.